The lowest BCUT2D eigenvalue weighted by Gasteiger charge is -2.23. The van der Waals surface area contributed by atoms with Crippen molar-refractivity contribution in [2.45, 2.75) is 19.4 Å². The van der Waals surface area contributed by atoms with Gasteiger partial charge in [-0.05, 0) is 31.5 Å². The number of fused-ring (bicyclic) bond motifs is 1. The molecular weight excluding hydrogens is 440 g/mol. The standard InChI is InChI=1S/C24H21ClN6O2/c1-15-13-30(14-26-15)20-10-9-16(12-21(20)33-2)27-24(32)22-28-23-18(7-5-11-31(23)29-22)17-6-3-4-8-19(17)25/h3-9,11-14,20H,10H2,1-2H3,(H,27,32). The molecule has 9 heteroatoms. The Morgan fingerprint density at radius 2 is 2.03 bits per heavy atom. The summed E-state index contributed by atoms with van der Waals surface area (Å²) in [6.45, 7) is 1.94. The maximum atomic E-state index is 12.9. The molecule has 0 spiro atoms. The quantitative estimate of drug-likeness (QED) is 0.478. The zero-order valence-electron chi connectivity index (χ0n) is 18.1. The Balaban J connectivity index is 1.40. The number of rotatable bonds is 5. The summed E-state index contributed by atoms with van der Waals surface area (Å²) < 4.78 is 9.16. The van der Waals surface area contributed by atoms with Gasteiger partial charge in [0, 0.05) is 40.3 Å². The predicted octanol–water partition coefficient (Wildman–Crippen LogP) is 4.34. The number of pyridine rings is 1. The molecule has 1 unspecified atom stereocenters. The third-order valence-corrected chi connectivity index (χ3v) is 5.83. The number of halogens is 1. The van der Waals surface area contributed by atoms with E-state index in [4.69, 9.17) is 16.3 Å². The van der Waals surface area contributed by atoms with E-state index in [9.17, 15) is 4.79 Å². The number of allylic oxidation sites excluding steroid dienone is 3. The average Bonchev–Trinajstić information content (AvgIpc) is 3.45. The Bertz CT molecular complexity index is 1420. The van der Waals surface area contributed by atoms with Gasteiger partial charge < -0.3 is 14.6 Å². The van der Waals surface area contributed by atoms with E-state index in [1.807, 2.05) is 66.2 Å². The molecule has 1 N–H and O–H groups in total. The first-order chi connectivity index (χ1) is 16.0. The molecular formula is C24H21ClN6O2. The van der Waals surface area contributed by atoms with Crippen LogP contribution < -0.4 is 5.32 Å². The van der Waals surface area contributed by atoms with E-state index >= 15 is 0 Å². The van der Waals surface area contributed by atoms with Gasteiger partial charge in [0.1, 0.15) is 5.76 Å². The van der Waals surface area contributed by atoms with Gasteiger partial charge in [0.05, 0.1) is 25.2 Å². The average molecular weight is 461 g/mol. The van der Waals surface area contributed by atoms with Gasteiger partial charge in [-0.3, -0.25) is 4.79 Å². The SMILES string of the molecule is COC1=CC(NC(=O)c2nc3c(-c4ccccc4Cl)cccn3n2)=CCC1n1cnc(C)c1. The van der Waals surface area contributed by atoms with E-state index < -0.39 is 5.91 Å². The van der Waals surface area contributed by atoms with Crippen LogP contribution in [0.5, 0.6) is 0 Å². The van der Waals surface area contributed by atoms with Crippen LogP contribution in [0.4, 0.5) is 0 Å². The molecule has 1 atom stereocenters. The smallest absolute Gasteiger partial charge is 0.295 e. The number of imidazole rings is 1. The van der Waals surface area contributed by atoms with Gasteiger partial charge in [0.25, 0.3) is 5.91 Å². The fraction of sp³-hybridized carbons (Fsp3) is 0.167. The monoisotopic (exact) mass is 460 g/mol. The van der Waals surface area contributed by atoms with Crippen LogP contribution in [0.25, 0.3) is 16.8 Å². The van der Waals surface area contributed by atoms with E-state index in [0.717, 1.165) is 22.6 Å². The molecule has 1 aliphatic carbocycles. The fourth-order valence-corrected chi connectivity index (χ4v) is 4.14. The van der Waals surface area contributed by atoms with Crippen LogP contribution in [0.15, 0.2) is 78.7 Å². The maximum Gasteiger partial charge on any atom is 0.295 e. The van der Waals surface area contributed by atoms with Crippen molar-refractivity contribution in [2.24, 2.45) is 0 Å². The Morgan fingerprint density at radius 1 is 1.21 bits per heavy atom. The number of benzene rings is 1. The van der Waals surface area contributed by atoms with Gasteiger partial charge in [0.2, 0.25) is 5.82 Å². The molecule has 1 aromatic carbocycles. The van der Waals surface area contributed by atoms with E-state index in [0.29, 0.717) is 22.8 Å². The Labute approximate surface area is 195 Å². The highest BCUT2D eigenvalue weighted by molar-refractivity contribution is 6.33. The fourth-order valence-electron chi connectivity index (χ4n) is 3.90. The summed E-state index contributed by atoms with van der Waals surface area (Å²) in [4.78, 5) is 21.7. The van der Waals surface area contributed by atoms with Gasteiger partial charge in [-0.25, -0.2) is 14.5 Å². The molecule has 3 aromatic heterocycles. The molecule has 8 nitrogen and oxygen atoms in total. The molecule has 0 radical (unpaired) electrons. The van der Waals surface area contributed by atoms with Crippen molar-refractivity contribution in [2.75, 3.05) is 7.11 Å². The lowest BCUT2D eigenvalue weighted by atomic mass is 10.0. The van der Waals surface area contributed by atoms with E-state index in [2.05, 4.69) is 20.4 Å². The van der Waals surface area contributed by atoms with Crippen LogP contribution in [0.2, 0.25) is 5.02 Å². The lowest BCUT2D eigenvalue weighted by molar-refractivity contribution is 0.0956. The number of nitrogens with zero attached hydrogens (tertiary/aromatic N) is 5. The predicted molar refractivity (Wildman–Crippen MR) is 125 cm³/mol. The largest absolute Gasteiger partial charge is 0.499 e. The number of ether oxygens (including phenoxy) is 1. The highest BCUT2D eigenvalue weighted by Crippen LogP contribution is 2.30. The molecule has 0 fully saturated rings. The number of nitrogens with one attached hydrogen (secondary N) is 1. The highest BCUT2D eigenvalue weighted by Gasteiger charge is 2.23. The van der Waals surface area contributed by atoms with Crippen molar-refractivity contribution < 1.29 is 9.53 Å². The van der Waals surface area contributed by atoms with Crippen molar-refractivity contribution in [3.05, 3.63) is 95.3 Å². The second kappa shape index (κ2) is 8.55. The Kier molecular flexibility index (Phi) is 5.43. The van der Waals surface area contributed by atoms with Crippen LogP contribution in [0, 0.1) is 6.92 Å². The summed E-state index contributed by atoms with van der Waals surface area (Å²) in [7, 11) is 1.62. The summed E-state index contributed by atoms with van der Waals surface area (Å²) >= 11 is 6.37. The molecule has 166 valence electrons. The first kappa shape index (κ1) is 21.0. The van der Waals surface area contributed by atoms with Crippen molar-refractivity contribution in [1.82, 2.24) is 29.5 Å². The topological polar surface area (TPSA) is 86.3 Å². The summed E-state index contributed by atoms with van der Waals surface area (Å²) in [6.07, 6.45) is 9.91. The van der Waals surface area contributed by atoms with Crippen LogP contribution in [-0.2, 0) is 4.74 Å². The van der Waals surface area contributed by atoms with Crippen LogP contribution in [-0.4, -0.2) is 37.2 Å². The van der Waals surface area contributed by atoms with Gasteiger partial charge in [-0.2, -0.15) is 0 Å². The van der Waals surface area contributed by atoms with Crippen LogP contribution >= 0.6 is 11.6 Å². The molecule has 33 heavy (non-hydrogen) atoms. The number of aromatic nitrogens is 5. The zero-order valence-corrected chi connectivity index (χ0v) is 18.8. The minimum atomic E-state index is -0.404. The number of hydrogen-bond acceptors (Lipinski definition) is 5. The summed E-state index contributed by atoms with van der Waals surface area (Å²) in [5.41, 5.74) is 3.74. The number of amides is 1. The summed E-state index contributed by atoms with van der Waals surface area (Å²) in [5, 5.41) is 7.85. The molecule has 1 aliphatic rings. The number of carbonyl (C=O) groups is 1. The highest BCUT2D eigenvalue weighted by atomic mass is 35.5. The molecule has 0 aliphatic heterocycles. The molecule has 3 heterocycles. The molecule has 0 saturated heterocycles. The first-order valence-electron chi connectivity index (χ1n) is 10.4. The minimum Gasteiger partial charge on any atom is -0.499 e. The Morgan fingerprint density at radius 3 is 2.79 bits per heavy atom. The second-order valence-corrected chi connectivity index (χ2v) is 8.09. The zero-order chi connectivity index (χ0) is 22.9. The van der Waals surface area contributed by atoms with Crippen molar-refractivity contribution in [3.8, 4) is 11.1 Å². The maximum absolute atomic E-state index is 12.9. The number of hydrogen-bond donors (Lipinski definition) is 1. The molecule has 4 aromatic rings. The number of aryl methyl sites for hydroxylation is 1. The Hall–Kier alpha value is -3.91. The van der Waals surface area contributed by atoms with Gasteiger partial charge in [0.15, 0.2) is 5.65 Å². The molecule has 0 bridgehead atoms. The second-order valence-electron chi connectivity index (χ2n) is 7.68. The lowest BCUT2D eigenvalue weighted by Crippen LogP contribution is -2.26. The van der Waals surface area contributed by atoms with Gasteiger partial charge in [-0.15, -0.1) is 5.10 Å². The van der Waals surface area contributed by atoms with Crippen molar-refractivity contribution in [1.29, 1.82) is 0 Å². The van der Waals surface area contributed by atoms with Gasteiger partial charge in [-0.1, -0.05) is 35.9 Å². The first-order valence-corrected chi connectivity index (χ1v) is 10.8. The van der Waals surface area contributed by atoms with Gasteiger partial charge >= 0.3 is 0 Å². The summed E-state index contributed by atoms with van der Waals surface area (Å²) in [6, 6.07) is 11.2. The van der Waals surface area contributed by atoms with Crippen LogP contribution in [0.3, 0.4) is 0 Å². The van der Waals surface area contributed by atoms with E-state index in [1.165, 1.54) is 0 Å². The summed E-state index contributed by atoms with van der Waals surface area (Å²) in [5.74, 6) is 0.392. The number of carbonyl (C=O) groups excluding carboxylic acids is 1. The molecule has 5 rings (SSSR count). The number of methoxy groups -OCH3 is 1. The normalized spacial score (nSPS) is 15.8. The van der Waals surface area contributed by atoms with E-state index in [1.54, 1.807) is 24.1 Å². The van der Waals surface area contributed by atoms with Crippen molar-refractivity contribution in [3.63, 3.8) is 0 Å². The molecule has 0 saturated carbocycles. The minimum absolute atomic E-state index is 0.0108. The third-order valence-electron chi connectivity index (χ3n) is 5.50. The third kappa shape index (κ3) is 4.01. The van der Waals surface area contributed by atoms with E-state index in [-0.39, 0.29) is 11.9 Å². The van der Waals surface area contributed by atoms with Crippen LogP contribution in [0.1, 0.15) is 28.8 Å². The molecule has 1 amide bonds. The van der Waals surface area contributed by atoms with Crippen molar-refractivity contribution >= 4 is 23.2 Å².